The fourth-order valence-electron chi connectivity index (χ4n) is 1.26. The van der Waals surface area contributed by atoms with E-state index in [1.165, 1.54) is 0 Å². The minimum absolute atomic E-state index is 0.261. The molecule has 72 valence electrons. The van der Waals surface area contributed by atoms with Crippen molar-refractivity contribution >= 4 is 49.8 Å². The smallest absolute Gasteiger partial charge is 0.255 e. The van der Waals surface area contributed by atoms with Crippen molar-refractivity contribution in [2.75, 3.05) is 5.73 Å². The highest BCUT2D eigenvalue weighted by atomic mass is 79.9. The number of rotatable bonds is 1. The van der Waals surface area contributed by atoms with E-state index in [4.69, 9.17) is 17.3 Å². The monoisotopic (exact) mass is 273 g/mol. The molecule has 1 aromatic heterocycles. The SMILES string of the molecule is Nc1nc2c(C(=O)Cl)c(Br)ccc2[nH]1. The molecule has 0 bridgehead atoms. The number of hydrogen-bond donors (Lipinski definition) is 2. The van der Waals surface area contributed by atoms with Gasteiger partial charge in [-0.2, -0.15) is 0 Å². The van der Waals surface area contributed by atoms with Gasteiger partial charge in [0.1, 0.15) is 5.52 Å². The number of aromatic nitrogens is 2. The van der Waals surface area contributed by atoms with Gasteiger partial charge in [-0.1, -0.05) is 0 Å². The molecule has 0 aliphatic carbocycles. The zero-order valence-electron chi connectivity index (χ0n) is 6.84. The van der Waals surface area contributed by atoms with Gasteiger partial charge in [0, 0.05) is 4.47 Å². The number of nitrogen functional groups attached to an aromatic ring is 1. The third-order valence-corrected chi connectivity index (χ3v) is 2.67. The fraction of sp³-hybridized carbons (Fsp3) is 0. The van der Waals surface area contributed by atoms with Crippen LogP contribution in [0, 0.1) is 0 Å². The highest BCUT2D eigenvalue weighted by Gasteiger charge is 2.14. The molecule has 6 heteroatoms. The zero-order valence-corrected chi connectivity index (χ0v) is 9.19. The van der Waals surface area contributed by atoms with E-state index in [1.807, 2.05) is 0 Å². The highest BCUT2D eigenvalue weighted by molar-refractivity contribution is 9.10. The number of nitrogens with two attached hydrogens (primary N) is 1. The van der Waals surface area contributed by atoms with Crippen LogP contribution in [-0.2, 0) is 0 Å². The number of imidazole rings is 1. The summed E-state index contributed by atoms with van der Waals surface area (Å²) in [6.07, 6.45) is 0. The molecule has 1 heterocycles. The summed E-state index contributed by atoms with van der Waals surface area (Å²) in [5, 5.41) is -0.561. The molecule has 4 nitrogen and oxygen atoms in total. The predicted molar refractivity (Wildman–Crippen MR) is 58.4 cm³/mol. The maximum atomic E-state index is 11.1. The summed E-state index contributed by atoms with van der Waals surface area (Å²) in [6.45, 7) is 0. The third-order valence-electron chi connectivity index (χ3n) is 1.82. The van der Waals surface area contributed by atoms with Gasteiger partial charge < -0.3 is 10.7 Å². The van der Waals surface area contributed by atoms with Crippen LogP contribution in [0.25, 0.3) is 11.0 Å². The van der Waals surface area contributed by atoms with Crippen molar-refractivity contribution in [3.05, 3.63) is 22.2 Å². The molecule has 14 heavy (non-hydrogen) atoms. The van der Waals surface area contributed by atoms with E-state index in [0.717, 1.165) is 0 Å². The van der Waals surface area contributed by atoms with Crippen LogP contribution in [0.15, 0.2) is 16.6 Å². The van der Waals surface area contributed by atoms with Crippen molar-refractivity contribution in [1.29, 1.82) is 0 Å². The molecular formula is C8H5BrClN3O. The Bertz CT molecular complexity index is 523. The van der Waals surface area contributed by atoms with E-state index in [0.29, 0.717) is 21.1 Å². The second-order valence-electron chi connectivity index (χ2n) is 2.71. The number of halogens is 2. The number of carbonyl (C=O) groups excluding carboxylic acids is 1. The van der Waals surface area contributed by atoms with E-state index < -0.39 is 5.24 Å². The van der Waals surface area contributed by atoms with Crippen molar-refractivity contribution in [2.45, 2.75) is 0 Å². The number of nitrogens with zero attached hydrogens (tertiary/aromatic N) is 1. The quantitative estimate of drug-likeness (QED) is 0.784. The summed E-state index contributed by atoms with van der Waals surface area (Å²) in [7, 11) is 0. The molecule has 0 spiro atoms. The van der Waals surface area contributed by atoms with E-state index in [9.17, 15) is 4.79 Å². The lowest BCUT2D eigenvalue weighted by atomic mass is 10.2. The minimum Gasteiger partial charge on any atom is -0.369 e. The Morgan fingerprint density at radius 2 is 2.29 bits per heavy atom. The standard InChI is InChI=1S/C8H5BrClN3O/c9-3-1-2-4-6(5(3)7(10)14)13-8(11)12-4/h1-2H,(H3,11,12,13). The number of H-pyrrole nitrogens is 1. The van der Waals surface area contributed by atoms with Crippen LogP contribution in [0.1, 0.15) is 10.4 Å². The van der Waals surface area contributed by atoms with Gasteiger partial charge in [0.25, 0.3) is 5.24 Å². The predicted octanol–water partition coefficient (Wildman–Crippen LogP) is 2.29. The molecule has 0 fully saturated rings. The first-order chi connectivity index (χ1) is 6.59. The molecule has 0 radical (unpaired) electrons. The van der Waals surface area contributed by atoms with Crippen LogP contribution < -0.4 is 5.73 Å². The zero-order chi connectivity index (χ0) is 10.3. The van der Waals surface area contributed by atoms with Crippen molar-refractivity contribution in [2.24, 2.45) is 0 Å². The van der Waals surface area contributed by atoms with Crippen LogP contribution in [0.4, 0.5) is 5.95 Å². The summed E-state index contributed by atoms with van der Waals surface area (Å²) >= 11 is 8.66. The number of fused-ring (bicyclic) bond motifs is 1. The molecule has 0 atom stereocenters. The molecule has 0 saturated heterocycles. The first-order valence-electron chi connectivity index (χ1n) is 3.73. The second-order valence-corrected chi connectivity index (χ2v) is 3.91. The molecule has 2 aromatic rings. The average Bonchev–Trinajstić information content (AvgIpc) is 2.43. The maximum absolute atomic E-state index is 11.1. The second kappa shape index (κ2) is 3.25. The van der Waals surface area contributed by atoms with E-state index >= 15 is 0 Å². The van der Waals surface area contributed by atoms with Gasteiger partial charge in [0.15, 0.2) is 5.95 Å². The molecular weight excluding hydrogens is 269 g/mol. The first kappa shape index (κ1) is 9.48. The number of nitrogens with one attached hydrogen (secondary N) is 1. The summed E-state index contributed by atoms with van der Waals surface area (Å²) in [5.41, 5.74) is 6.98. The summed E-state index contributed by atoms with van der Waals surface area (Å²) in [6, 6.07) is 3.49. The van der Waals surface area contributed by atoms with Gasteiger partial charge in [-0.3, -0.25) is 4.79 Å². The van der Waals surface area contributed by atoms with Crippen molar-refractivity contribution in [1.82, 2.24) is 9.97 Å². The fourth-order valence-corrected chi connectivity index (χ4v) is 2.06. The van der Waals surface area contributed by atoms with E-state index in [1.54, 1.807) is 12.1 Å². The first-order valence-corrected chi connectivity index (χ1v) is 4.90. The van der Waals surface area contributed by atoms with Crippen LogP contribution in [0.2, 0.25) is 0 Å². The molecule has 0 aliphatic heterocycles. The lowest BCUT2D eigenvalue weighted by Crippen LogP contribution is -1.92. The van der Waals surface area contributed by atoms with Gasteiger partial charge in [-0.15, -0.1) is 0 Å². The lowest BCUT2D eigenvalue weighted by Gasteiger charge is -1.98. The van der Waals surface area contributed by atoms with Gasteiger partial charge >= 0.3 is 0 Å². The average molecular weight is 275 g/mol. The Morgan fingerprint density at radius 3 is 2.93 bits per heavy atom. The minimum atomic E-state index is -0.561. The van der Waals surface area contributed by atoms with Crippen LogP contribution in [-0.4, -0.2) is 15.2 Å². The van der Waals surface area contributed by atoms with Crippen molar-refractivity contribution in [3.8, 4) is 0 Å². The van der Waals surface area contributed by atoms with Gasteiger partial charge in [0.2, 0.25) is 0 Å². The summed E-state index contributed by atoms with van der Waals surface area (Å²) in [5.74, 6) is 0.261. The summed E-state index contributed by atoms with van der Waals surface area (Å²) < 4.78 is 0.608. The topological polar surface area (TPSA) is 71.8 Å². The number of hydrogen-bond acceptors (Lipinski definition) is 3. The van der Waals surface area contributed by atoms with Gasteiger partial charge in [-0.25, -0.2) is 4.98 Å². The van der Waals surface area contributed by atoms with Gasteiger partial charge in [-0.05, 0) is 39.7 Å². The third kappa shape index (κ3) is 1.38. The Labute approximate surface area is 92.6 Å². The molecule has 0 unspecified atom stereocenters. The maximum Gasteiger partial charge on any atom is 0.255 e. The highest BCUT2D eigenvalue weighted by Crippen LogP contribution is 2.26. The normalized spacial score (nSPS) is 10.7. The van der Waals surface area contributed by atoms with E-state index in [2.05, 4.69) is 25.9 Å². The molecule has 1 aromatic carbocycles. The Hall–Kier alpha value is -1.07. The van der Waals surface area contributed by atoms with E-state index in [-0.39, 0.29) is 5.95 Å². The van der Waals surface area contributed by atoms with Crippen LogP contribution >= 0.6 is 27.5 Å². The molecule has 0 amide bonds. The molecule has 2 rings (SSSR count). The Morgan fingerprint density at radius 1 is 1.57 bits per heavy atom. The largest absolute Gasteiger partial charge is 0.369 e. The van der Waals surface area contributed by atoms with Crippen LogP contribution in [0.3, 0.4) is 0 Å². The summed E-state index contributed by atoms with van der Waals surface area (Å²) in [4.78, 5) is 17.9. The van der Waals surface area contributed by atoms with Gasteiger partial charge in [0.05, 0.1) is 11.1 Å². The van der Waals surface area contributed by atoms with Crippen molar-refractivity contribution in [3.63, 3.8) is 0 Å². The van der Waals surface area contributed by atoms with Crippen molar-refractivity contribution < 1.29 is 4.79 Å². The number of benzene rings is 1. The molecule has 0 aliphatic rings. The molecule has 0 saturated carbocycles. The Kier molecular flexibility index (Phi) is 2.20. The number of carbonyl (C=O) groups is 1. The number of anilines is 1. The molecule has 3 N–H and O–H groups in total. The Balaban J connectivity index is 2.88. The van der Waals surface area contributed by atoms with Crippen LogP contribution in [0.5, 0.6) is 0 Å². The number of aromatic amines is 1. The lowest BCUT2D eigenvalue weighted by molar-refractivity contribution is 0.108.